The fraction of sp³-hybridized carbons (Fsp3) is 0.100. The number of amides is 1. The van der Waals surface area contributed by atoms with Crippen LogP contribution in [0.4, 0.5) is 5.69 Å². The zero-order valence-electron chi connectivity index (χ0n) is 8.77. The van der Waals surface area contributed by atoms with Crippen molar-refractivity contribution in [1.29, 1.82) is 0 Å². The van der Waals surface area contributed by atoms with Crippen LogP contribution in [0.3, 0.4) is 0 Å². The standard InChI is InChI=1S/C10H8ClN3O3/c1-14-4-5-2-8(12-9(15)10(16)17)6(11)3-7(5)13-14/h2-4H,1H3,(H,12,15)(H,16,17). The number of hydrogen-bond donors (Lipinski definition) is 2. The molecule has 0 spiro atoms. The molecule has 0 aliphatic carbocycles. The molecule has 1 heterocycles. The highest BCUT2D eigenvalue weighted by atomic mass is 35.5. The third kappa shape index (κ3) is 2.21. The first-order valence-corrected chi connectivity index (χ1v) is 5.02. The fourth-order valence-corrected chi connectivity index (χ4v) is 1.65. The third-order valence-corrected chi connectivity index (χ3v) is 2.46. The number of carbonyl (C=O) groups excluding carboxylic acids is 1. The number of carboxylic acids is 1. The molecular formula is C10H8ClN3O3. The van der Waals surface area contributed by atoms with Crippen LogP contribution in [0.2, 0.25) is 5.02 Å². The van der Waals surface area contributed by atoms with Crippen molar-refractivity contribution in [2.75, 3.05) is 5.32 Å². The highest BCUT2D eigenvalue weighted by Crippen LogP contribution is 2.27. The molecule has 1 aromatic heterocycles. The Labute approximate surface area is 101 Å². The van der Waals surface area contributed by atoms with Crippen LogP contribution >= 0.6 is 11.6 Å². The van der Waals surface area contributed by atoms with Gasteiger partial charge in [0.1, 0.15) is 0 Å². The van der Waals surface area contributed by atoms with Gasteiger partial charge in [0.15, 0.2) is 0 Å². The van der Waals surface area contributed by atoms with Crippen LogP contribution in [0.5, 0.6) is 0 Å². The van der Waals surface area contributed by atoms with Gasteiger partial charge in [-0.15, -0.1) is 0 Å². The molecule has 0 bridgehead atoms. The third-order valence-electron chi connectivity index (χ3n) is 2.15. The number of anilines is 1. The Kier molecular flexibility index (Phi) is 2.72. The predicted octanol–water partition coefficient (Wildman–Crippen LogP) is 1.25. The zero-order chi connectivity index (χ0) is 12.6. The molecule has 6 nitrogen and oxygen atoms in total. The molecule has 0 fully saturated rings. The van der Waals surface area contributed by atoms with Gasteiger partial charge in [-0.2, -0.15) is 5.10 Å². The monoisotopic (exact) mass is 253 g/mol. The summed E-state index contributed by atoms with van der Waals surface area (Å²) in [6.45, 7) is 0. The van der Waals surface area contributed by atoms with Crippen LogP contribution in [0, 0.1) is 0 Å². The number of benzene rings is 1. The molecule has 0 radical (unpaired) electrons. The van der Waals surface area contributed by atoms with Gasteiger partial charge in [0.2, 0.25) is 0 Å². The van der Waals surface area contributed by atoms with Crippen LogP contribution in [-0.4, -0.2) is 26.8 Å². The summed E-state index contributed by atoms with van der Waals surface area (Å²) in [4.78, 5) is 21.4. The Morgan fingerprint density at radius 3 is 2.82 bits per heavy atom. The van der Waals surface area contributed by atoms with Crippen molar-refractivity contribution in [3.8, 4) is 0 Å². The van der Waals surface area contributed by atoms with Crippen molar-refractivity contribution in [2.24, 2.45) is 7.05 Å². The Balaban J connectivity index is 2.43. The number of nitrogens with zero attached hydrogens (tertiary/aromatic N) is 2. The summed E-state index contributed by atoms with van der Waals surface area (Å²) in [5, 5.41) is 15.8. The Bertz CT molecular complexity index is 621. The average Bonchev–Trinajstić information content (AvgIpc) is 2.57. The summed E-state index contributed by atoms with van der Waals surface area (Å²) in [6.07, 6.45) is 1.74. The second-order valence-corrected chi connectivity index (χ2v) is 3.86. The van der Waals surface area contributed by atoms with Crippen LogP contribution in [0.25, 0.3) is 10.9 Å². The molecule has 2 rings (SSSR count). The summed E-state index contributed by atoms with van der Waals surface area (Å²) in [5.41, 5.74) is 0.922. The average molecular weight is 254 g/mol. The van der Waals surface area contributed by atoms with Gasteiger partial charge in [-0.3, -0.25) is 9.48 Å². The maximum atomic E-state index is 11.0. The van der Waals surface area contributed by atoms with Gasteiger partial charge in [-0.05, 0) is 12.1 Å². The second kappa shape index (κ2) is 4.06. The van der Waals surface area contributed by atoms with Crippen LogP contribution in [-0.2, 0) is 16.6 Å². The van der Waals surface area contributed by atoms with Crippen molar-refractivity contribution in [3.05, 3.63) is 23.4 Å². The molecule has 0 unspecified atom stereocenters. The highest BCUT2D eigenvalue weighted by molar-refractivity contribution is 6.39. The maximum Gasteiger partial charge on any atom is 0.394 e. The summed E-state index contributed by atoms with van der Waals surface area (Å²) in [7, 11) is 1.75. The smallest absolute Gasteiger partial charge is 0.394 e. The Hall–Kier alpha value is -2.08. The number of aromatic nitrogens is 2. The number of rotatable bonds is 1. The van der Waals surface area contributed by atoms with Crippen molar-refractivity contribution in [2.45, 2.75) is 0 Å². The van der Waals surface area contributed by atoms with Gasteiger partial charge in [-0.1, -0.05) is 11.6 Å². The molecular weight excluding hydrogens is 246 g/mol. The SMILES string of the molecule is Cn1cc2cc(NC(=O)C(=O)O)c(Cl)cc2n1. The van der Waals surface area contributed by atoms with E-state index >= 15 is 0 Å². The van der Waals surface area contributed by atoms with Crippen molar-refractivity contribution >= 4 is 40.1 Å². The van der Waals surface area contributed by atoms with E-state index in [9.17, 15) is 9.59 Å². The molecule has 88 valence electrons. The summed E-state index contributed by atoms with van der Waals surface area (Å²) in [5.74, 6) is -2.69. The Morgan fingerprint density at radius 2 is 2.18 bits per heavy atom. The van der Waals surface area contributed by atoms with E-state index in [1.54, 1.807) is 30.1 Å². The molecule has 1 amide bonds. The number of carbonyl (C=O) groups is 2. The van der Waals surface area contributed by atoms with Gasteiger partial charge in [0, 0.05) is 18.6 Å². The molecule has 17 heavy (non-hydrogen) atoms. The summed E-state index contributed by atoms with van der Waals surface area (Å²) >= 11 is 5.90. The van der Waals surface area contributed by atoms with Crippen LogP contribution < -0.4 is 5.32 Å². The number of halogens is 1. The normalized spacial score (nSPS) is 10.5. The lowest BCUT2D eigenvalue weighted by atomic mass is 10.2. The van der Waals surface area contributed by atoms with Gasteiger partial charge < -0.3 is 10.4 Å². The first-order valence-electron chi connectivity index (χ1n) is 4.64. The number of aliphatic carboxylic acids is 1. The number of hydrogen-bond acceptors (Lipinski definition) is 3. The zero-order valence-corrected chi connectivity index (χ0v) is 9.52. The molecule has 0 aliphatic rings. The molecule has 0 saturated heterocycles. The number of fused-ring (bicyclic) bond motifs is 1. The molecule has 0 atom stereocenters. The van der Waals surface area contributed by atoms with E-state index in [0.29, 0.717) is 5.52 Å². The van der Waals surface area contributed by atoms with Crippen molar-refractivity contribution < 1.29 is 14.7 Å². The number of carboxylic acid groups (broad SMARTS) is 1. The minimum atomic E-state index is -1.56. The number of nitrogens with one attached hydrogen (secondary N) is 1. The van der Waals surface area contributed by atoms with E-state index in [0.717, 1.165) is 5.39 Å². The van der Waals surface area contributed by atoms with Crippen molar-refractivity contribution in [1.82, 2.24) is 9.78 Å². The van der Waals surface area contributed by atoms with E-state index in [4.69, 9.17) is 16.7 Å². The molecule has 2 aromatic rings. The Morgan fingerprint density at radius 1 is 1.47 bits per heavy atom. The van der Waals surface area contributed by atoms with E-state index in [1.807, 2.05) is 0 Å². The van der Waals surface area contributed by atoms with Gasteiger partial charge >= 0.3 is 11.9 Å². The minimum absolute atomic E-state index is 0.241. The lowest BCUT2D eigenvalue weighted by Gasteiger charge is -2.04. The second-order valence-electron chi connectivity index (χ2n) is 3.45. The maximum absolute atomic E-state index is 11.0. The quantitative estimate of drug-likeness (QED) is 0.749. The summed E-state index contributed by atoms with van der Waals surface area (Å²) < 4.78 is 1.60. The van der Waals surface area contributed by atoms with E-state index in [2.05, 4.69) is 10.4 Å². The topological polar surface area (TPSA) is 84.2 Å². The van der Waals surface area contributed by atoms with Gasteiger partial charge in [0.05, 0.1) is 16.2 Å². The van der Waals surface area contributed by atoms with E-state index in [-0.39, 0.29) is 10.7 Å². The van der Waals surface area contributed by atoms with Crippen LogP contribution in [0.1, 0.15) is 0 Å². The minimum Gasteiger partial charge on any atom is -0.474 e. The molecule has 2 N–H and O–H groups in total. The van der Waals surface area contributed by atoms with Crippen molar-refractivity contribution in [3.63, 3.8) is 0 Å². The van der Waals surface area contributed by atoms with E-state index < -0.39 is 11.9 Å². The van der Waals surface area contributed by atoms with Gasteiger partial charge in [-0.25, -0.2) is 4.79 Å². The first-order chi connectivity index (χ1) is 7.97. The molecule has 1 aromatic carbocycles. The highest BCUT2D eigenvalue weighted by Gasteiger charge is 2.14. The lowest BCUT2D eigenvalue weighted by Crippen LogP contribution is -2.21. The largest absolute Gasteiger partial charge is 0.474 e. The number of aryl methyl sites for hydroxylation is 1. The van der Waals surface area contributed by atoms with Gasteiger partial charge in [0.25, 0.3) is 0 Å². The fourth-order valence-electron chi connectivity index (χ4n) is 1.44. The molecule has 7 heteroatoms. The predicted molar refractivity (Wildman–Crippen MR) is 62.0 cm³/mol. The summed E-state index contributed by atoms with van der Waals surface area (Å²) in [6, 6.07) is 3.14. The first kappa shape index (κ1) is 11.4. The lowest BCUT2D eigenvalue weighted by molar-refractivity contribution is -0.147. The van der Waals surface area contributed by atoms with Crippen LogP contribution in [0.15, 0.2) is 18.3 Å². The molecule has 0 saturated carbocycles. The molecule has 0 aliphatic heterocycles. The van der Waals surface area contributed by atoms with E-state index in [1.165, 1.54) is 0 Å².